The molecule has 4 fully saturated rings. The number of sulfonamides is 1. The Hall–Kier alpha value is -7.85. The number of carbonyl (C=O) groups excluding carboxylic acids is 6. The molecule has 628 valence electrons. The SMILES string of the molecule is CC(C)(C)OC(=O)NC1CCN(CC(=O)Nc2ccc(F)cc2)C1.CC(C)(C)OC(=O)NC1CCNC1.Cl.Cl.Cl.NC1CCN(CC(=O)Nc2ccc(F)cc2)C1.O=C(CCl)Nc1ccc(F)cc1.O=C(CN1CCC(NS(=O)(=O)c2cccc(C(F)(F)F)c2)C1)Nc1ccc(F)cc1.O=S(=O)(Cl)c1cccc(C(F)(F)F)c1. The zero-order chi connectivity index (χ0) is 81.8. The summed E-state index contributed by atoms with van der Waals surface area (Å²) in [4.78, 5) is 74.2. The van der Waals surface area contributed by atoms with Gasteiger partial charge in [0.1, 0.15) is 40.4 Å². The Morgan fingerprint density at radius 1 is 0.478 bits per heavy atom. The summed E-state index contributed by atoms with van der Waals surface area (Å²) >= 11 is 5.25. The van der Waals surface area contributed by atoms with Gasteiger partial charge in [-0.2, -0.15) is 26.3 Å². The molecule has 10 rings (SSSR count). The molecule has 6 amide bonds. The van der Waals surface area contributed by atoms with E-state index in [4.69, 9.17) is 37.5 Å². The van der Waals surface area contributed by atoms with Crippen LogP contribution in [0.25, 0.3) is 0 Å². The van der Waals surface area contributed by atoms with Crippen LogP contribution in [0, 0.1) is 23.3 Å². The lowest BCUT2D eigenvalue weighted by Crippen LogP contribution is -2.41. The third-order valence-electron chi connectivity index (χ3n) is 15.3. The number of carbonyl (C=O) groups is 6. The summed E-state index contributed by atoms with van der Waals surface area (Å²) in [5, 5.41) is 19.3. The first-order chi connectivity index (χ1) is 51.3. The number of alkyl carbamates (subject to hydrolysis) is 2. The predicted molar refractivity (Wildman–Crippen MR) is 418 cm³/mol. The molecule has 4 aliphatic rings. The fourth-order valence-electron chi connectivity index (χ4n) is 10.4. The lowest BCUT2D eigenvalue weighted by molar-refractivity contribution is -0.138. The molecule has 0 aromatic heterocycles. The molecule has 24 nitrogen and oxygen atoms in total. The summed E-state index contributed by atoms with van der Waals surface area (Å²) in [5.74, 6) is -2.42. The first-order valence-electron chi connectivity index (χ1n) is 34.0. The summed E-state index contributed by atoms with van der Waals surface area (Å²) in [5.41, 5.74) is 4.88. The molecule has 4 heterocycles. The fourth-order valence-corrected chi connectivity index (χ4v) is 12.6. The molecule has 113 heavy (non-hydrogen) atoms. The van der Waals surface area contributed by atoms with Crippen LogP contribution >= 0.6 is 59.5 Å². The maximum absolute atomic E-state index is 12.9. The van der Waals surface area contributed by atoms with Crippen molar-refractivity contribution < 1.29 is 99.0 Å². The van der Waals surface area contributed by atoms with E-state index in [1.54, 1.807) is 17.0 Å². The molecule has 0 saturated carbocycles. The second-order valence-electron chi connectivity index (χ2n) is 27.2. The Balaban J connectivity index is 0.000000473. The second kappa shape index (κ2) is 47.2. The topological polar surface area (TPSA) is 321 Å². The molecule has 0 bridgehead atoms. The van der Waals surface area contributed by atoms with E-state index >= 15 is 0 Å². The van der Waals surface area contributed by atoms with Gasteiger partial charge >= 0.3 is 24.5 Å². The van der Waals surface area contributed by atoms with Crippen LogP contribution in [0.15, 0.2) is 155 Å². The highest BCUT2D eigenvalue weighted by Gasteiger charge is 2.35. The average molecular weight is 1750 g/mol. The number of alkyl halides is 7. The van der Waals surface area contributed by atoms with Gasteiger partial charge in [-0.25, -0.2) is 48.7 Å². The Morgan fingerprint density at radius 2 is 0.814 bits per heavy atom. The predicted octanol–water partition coefficient (Wildman–Crippen LogP) is 12.8. The molecule has 0 radical (unpaired) electrons. The number of rotatable bonds is 17. The monoisotopic (exact) mass is 1740 g/mol. The largest absolute Gasteiger partial charge is 0.444 e. The lowest BCUT2D eigenvalue weighted by atomic mass is 10.2. The number of ether oxygens (including phenoxy) is 2. The van der Waals surface area contributed by atoms with Crippen molar-refractivity contribution in [1.82, 2.24) is 35.4 Å². The smallest absolute Gasteiger partial charge is 0.416 e. The van der Waals surface area contributed by atoms with Crippen molar-refractivity contribution in [3.05, 3.63) is 180 Å². The van der Waals surface area contributed by atoms with Gasteiger partial charge in [0.25, 0.3) is 9.05 Å². The van der Waals surface area contributed by atoms with Gasteiger partial charge in [0.2, 0.25) is 33.7 Å². The number of amides is 6. The number of likely N-dealkylation sites (tertiary alicyclic amines) is 3. The highest BCUT2D eigenvalue weighted by Crippen LogP contribution is 2.32. The van der Waals surface area contributed by atoms with Crippen molar-refractivity contribution in [2.75, 3.05) is 99.1 Å². The van der Waals surface area contributed by atoms with Crippen molar-refractivity contribution in [3.8, 4) is 0 Å². The highest BCUT2D eigenvalue weighted by atomic mass is 35.7. The van der Waals surface area contributed by atoms with Crippen molar-refractivity contribution in [1.29, 1.82) is 0 Å². The molecule has 6 aromatic rings. The molecule has 0 spiro atoms. The van der Waals surface area contributed by atoms with Crippen LogP contribution in [0.2, 0.25) is 0 Å². The molecular formula is C72H91Cl5F10N12O12S2. The summed E-state index contributed by atoms with van der Waals surface area (Å²) in [6, 6.07) is 28.7. The van der Waals surface area contributed by atoms with Crippen LogP contribution in [-0.4, -0.2) is 181 Å². The number of nitrogens with two attached hydrogens (primary N) is 1. The number of benzene rings is 6. The van der Waals surface area contributed by atoms with Gasteiger partial charge in [0.15, 0.2) is 0 Å². The standard InChI is InChI=1S/C19H19F4N3O3S.C17H24FN3O3.C12H16FN3O.C9H18N2O2.C8H7ClFNO.C7H4ClF3O2S.3ClH/c20-14-4-6-15(7-5-14)24-18(27)12-26-9-8-16(11-26)25-30(28,29)17-3-1-2-13(10-17)19(21,22)23;1-17(2,3)24-16(23)20-14-8-9-21(10-14)11-15(22)19-13-6-4-12(18)5-7-13;13-9-1-3-11(4-2-9)15-12(17)8-16-6-5-10(14)7-16;1-9(2,3)13-8(12)11-7-4-5-10-6-7;9-5-8(12)11-7-3-1-6(10)2-4-7;8-14(12,13)6-3-1-2-5(4-6)7(9,10)11;;;/h1-7,10,16,25H,8-9,11-12H2,(H,24,27);4-7,14H,8-11H2,1-3H3,(H,19,22)(H,20,23);1-4,10H,5-8,14H2,(H,15,17);7,10H,4-6H2,1-3H3,(H,11,12);1-4H,5H2,(H,11,12);1-4H;3*1H. The summed E-state index contributed by atoms with van der Waals surface area (Å²) < 4.78 is 185. The molecule has 4 atom stereocenters. The maximum atomic E-state index is 12.9. The van der Waals surface area contributed by atoms with Gasteiger partial charge in [-0.1, -0.05) is 12.1 Å². The molecule has 4 saturated heterocycles. The quantitative estimate of drug-likeness (QED) is 0.0233. The van der Waals surface area contributed by atoms with E-state index in [9.17, 15) is 89.5 Å². The van der Waals surface area contributed by atoms with E-state index in [0.717, 1.165) is 88.4 Å². The van der Waals surface area contributed by atoms with Gasteiger partial charge in [-0.05, 0) is 207 Å². The van der Waals surface area contributed by atoms with Gasteiger partial charge in [0.05, 0.1) is 40.6 Å². The van der Waals surface area contributed by atoms with Crippen LogP contribution in [0.5, 0.6) is 0 Å². The van der Waals surface area contributed by atoms with E-state index < -0.39 is 81.5 Å². The first-order valence-corrected chi connectivity index (χ1v) is 38.3. The lowest BCUT2D eigenvalue weighted by Gasteiger charge is -2.22. The molecule has 4 unspecified atom stereocenters. The first kappa shape index (κ1) is 101. The van der Waals surface area contributed by atoms with Crippen molar-refractivity contribution in [2.45, 2.75) is 125 Å². The van der Waals surface area contributed by atoms with Crippen LogP contribution in [0.3, 0.4) is 0 Å². The highest BCUT2D eigenvalue weighted by molar-refractivity contribution is 8.13. The third kappa shape index (κ3) is 40.8. The van der Waals surface area contributed by atoms with Crippen LogP contribution in [0.4, 0.5) is 76.2 Å². The molecule has 6 aromatic carbocycles. The zero-order valence-electron chi connectivity index (χ0n) is 61.9. The number of hydrogen-bond acceptors (Lipinski definition) is 17. The summed E-state index contributed by atoms with van der Waals surface area (Å²) in [6.45, 7) is 17.0. The molecule has 41 heteroatoms. The minimum absolute atomic E-state index is 0. The van der Waals surface area contributed by atoms with Gasteiger partial charge in [-0.15, -0.1) is 48.8 Å². The molecule has 10 N–H and O–H groups in total. The summed E-state index contributed by atoms with van der Waals surface area (Å²) in [6.07, 6.45) is -6.88. The van der Waals surface area contributed by atoms with Gasteiger partial charge in [-0.3, -0.25) is 33.9 Å². The van der Waals surface area contributed by atoms with E-state index in [1.807, 2.05) is 51.3 Å². The summed E-state index contributed by atoms with van der Waals surface area (Å²) in [7, 11) is -3.37. The molecular weight excluding hydrogens is 1660 g/mol. The van der Waals surface area contributed by atoms with Crippen LogP contribution < -0.4 is 47.7 Å². The van der Waals surface area contributed by atoms with Gasteiger partial charge in [0, 0.05) is 103 Å². The Morgan fingerprint density at radius 3 is 1.15 bits per heavy atom. The third-order valence-corrected chi connectivity index (χ3v) is 18.4. The van der Waals surface area contributed by atoms with E-state index in [0.29, 0.717) is 60.9 Å². The van der Waals surface area contributed by atoms with Crippen LogP contribution in [-0.2, 0) is 60.1 Å². The van der Waals surface area contributed by atoms with Crippen molar-refractivity contribution >= 4 is 137 Å². The minimum Gasteiger partial charge on any atom is -0.444 e. The van der Waals surface area contributed by atoms with Crippen LogP contribution in [0.1, 0.15) is 78.4 Å². The number of nitrogens with zero attached hydrogens (tertiary/aromatic N) is 3. The Labute approximate surface area is 677 Å². The number of anilines is 4. The average Bonchev–Trinajstić information content (AvgIpc) is 1.27. The maximum Gasteiger partial charge on any atom is 0.416 e. The Bertz CT molecular complexity index is 4220. The zero-order valence-corrected chi connectivity index (χ0v) is 67.5. The number of nitrogens with one attached hydrogen (secondary N) is 8. The van der Waals surface area contributed by atoms with Gasteiger partial charge < -0.3 is 52.4 Å². The number of halogens is 15. The van der Waals surface area contributed by atoms with E-state index in [2.05, 4.69) is 41.9 Å². The van der Waals surface area contributed by atoms with E-state index in [-0.39, 0.29) is 128 Å². The fraction of sp³-hybridized carbons (Fsp3) is 0.417. The molecule has 0 aliphatic carbocycles. The molecule has 4 aliphatic heterocycles. The van der Waals surface area contributed by atoms with Crippen molar-refractivity contribution in [3.63, 3.8) is 0 Å². The van der Waals surface area contributed by atoms with Crippen molar-refractivity contribution in [2.24, 2.45) is 5.73 Å². The minimum atomic E-state index is -4.65. The normalized spacial score (nSPS) is 16.9. The Kier molecular flexibility index (Phi) is 42.3. The second-order valence-corrected chi connectivity index (χ2v) is 31.7. The number of hydrogen-bond donors (Lipinski definition) is 9. The van der Waals surface area contributed by atoms with E-state index in [1.165, 1.54) is 84.9 Å².